The molecule has 2 aromatic rings. The Kier molecular flexibility index (Phi) is 2.78. The van der Waals surface area contributed by atoms with Crippen molar-refractivity contribution in [3.05, 3.63) is 47.6 Å². The number of rotatable bonds is 3. The first-order chi connectivity index (χ1) is 7.25. The molecule has 0 amide bonds. The first-order valence-corrected chi connectivity index (χ1v) is 4.85. The molecule has 0 aliphatic carbocycles. The number of nitrogens with zero attached hydrogens (tertiary/aromatic N) is 2. The lowest BCUT2D eigenvalue weighted by molar-refractivity contribution is 0.351. The van der Waals surface area contributed by atoms with Gasteiger partial charge in [-0.05, 0) is 18.9 Å². The summed E-state index contributed by atoms with van der Waals surface area (Å²) in [7, 11) is 0. The molecule has 78 valence electrons. The third kappa shape index (κ3) is 2.41. The maximum absolute atomic E-state index is 5.94. The molecule has 0 saturated heterocycles. The molecule has 1 atom stereocenters. The van der Waals surface area contributed by atoms with Gasteiger partial charge in [0.05, 0.1) is 6.04 Å². The molecule has 1 aromatic heterocycles. The SMILES string of the molecule is Cc1noc([C@@H](N)Cc2ccccc2)n1. The minimum absolute atomic E-state index is 0.228. The van der Waals surface area contributed by atoms with Gasteiger partial charge in [-0.3, -0.25) is 0 Å². The Bertz CT molecular complexity index is 424. The van der Waals surface area contributed by atoms with Gasteiger partial charge in [0.15, 0.2) is 5.82 Å². The van der Waals surface area contributed by atoms with E-state index in [4.69, 9.17) is 10.3 Å². The zero-order valence-electron chi connectivity index (χ0n) is 8.55. The molecule has 0 unspecified atom stereocenters. The molecule has 0 fully saturated rings. The Morgan fingerprint density at radius 2 is 2.07 bits per heavy atom. The number of aryl methyl sites for hydroxylation is 1. The molecule has 15 heavy (non-hydrogen) atoms. The fourth-order valence-electron chi connectivity index (χ4n) is 1.42. The lowest BCUT2D eigenvalue weighted by Gasteiger charge is -2.05. The molecular formula is C11H13N3O. The summed E-state index contributed by atoms with van der Waals surface area (Å²) < 4.78 is 5.01. The summed E-state index contributed by atoms with van der Waals surface area (Å²) in [6, 6.07) is 9.79. The first kappa shape index (κ1) is 9.86. The monoisotopic (exact) mass is 203 g/mol. The molecule has 0 bridgehead atoms. The highest BCUT2D eigenvalue weighted by Crippen LogP contribution is 2.13. The van der Waals surface area contributed by atoms with Crippen LogP contribution >= 0.6 is 0 Å². The van der Waals surface area contributed by atoms with E-state index in [1.54, 1.807) is 6.92 Å². The number of aromatic nitrogens is 2. The average molecular weight is 203 g/mol. The summed E-state index contributed by atoms with van der Waals surface area (Å²) in [5.41, 5.74) is 7.11. The second kappa shape index (κ2) is 4.23. The van der Waals surface area contributed by atoms with Crippen LogP contribution in [0.4, 0.5) is 0 Å². The molecule has 0 spiro atoms. The van der Waals surface area contributed by atoms with Gasteiger partial charge in [0.25, 0.3) is 0 Å². The van der Waals surface area contributed by atoms with Crippen molar-refractivity contribution in [3.8, 4) is 0 Å². The first-order valence-electron chi connectivity index (χ1n) is 4.85. The zero-order chi connectivity index (χ0) is 10.7. The van der Waals surface area contributed by atoms with E-state index in [9.17, 15) is 0 Å². The van der Waals surface area contributed by atoms with Gasteiger partial charge in [-0.25, -0.2) is 0 Å². The molecule has 0 saturated carbocycles. The number of benzene rings is 1. The number of hydrogen-bond acceptors (Lipinski definition) is 4. The van der Waals surface area contributed by atoms with Crippen molar-refractivity contribution in [3.63, 3.8) is 0 Å². The average Bonchev–Trinajstić information content (AvgIpc) is 2.66. The van der Waals surface area contributed by atoms with Crippen LogP contribution in [0.3, 0.4) is 0 Å². The van der Waals surface area contributed by atoms with Gasteiger partial charge >= 0.3 is 0 Å². The van der Waals surface area contributed by atoms with Crippen molar-refractivity contribution in [1.29, 1.82) is 0 Å². The van der Waals surface area contributed by atoms with Gasteiger partial charge in [0.1, 0.15) is 0 Å². The molecule has 2 rings (SSSR count). The van der Waals surface area contributed by atoms with E-state index in [0.717, 1.165) is 0 Å². The lowest BCUT2D eigenvalue weighted by atomic mass is 10.1. The van der Waals surface area contributed by atoms with Crippen molar-refractivity contribution >= 4 is 0 Å². The van der Waals surface area contributed by atoms with E-state index < -0.39 is 0 Å². The maximum Gasteiger partial charge on any atom is 0.243 e. The minimum Gasteiger partial charge on any atom is -0.338 e. The smallest absolute Gasteiger partial charge is 0.243 e. The third-order valence-corrected chi connectivity index (χ3v) is 2.16. The van der Waals surface area contributed by atoms with Crippen molar-refractivity contribution in [2.45, 2.75) is 19.4 Å². The molecule has 0 radical (unpaired) electrons. The van der Waals surface area contributed by atoms with Crippen LogP contribution in [0.15, 0.2) is 34.9 Å². The Labute approximate surface area is 88.1 Å². The fraction of sp³-hybridized carbons (Fsp3) is 0.273. The van der Waals surface area contributed by atoms with Crippen molar-refractivity contribution in [2.75, 3.05) is 0 Å². The van der Waals surface area contributed by atoms with Gasteiger partial charge < -0.3 is 10.3 Å². The van der Waals surface area contributed by atoms with Crippen LogP contribution < -0.4 is 5.73 Å². The molecule has 2 N–H and O–H groups in total. The normalized spacial score (nSPS) is 12.7. The fourth-order valence-corrected chi connectivity index (χ4v) is 1.42. The summed E-state index contributed by atoms with van der Waals surface area (Å²) in [5.74, 6) is 1.12. The summed E-state index contributed by atoms with van der Waals surface area (Å²) in [6.45, 7) is 1.78. The van der Waals surface area contributed by atoms with Crippen LogP contribution in [0.2, 0.25) is 0 Å². The highest BCUT2D eigenvalue weighted by molar-refractivity contribution is 5.16. The Hall–Kier alpha value is -1.68. The van der Waals surface area contributed by atoms with Crippen molar-refractivity contribution < 1.29 is 4.52 Å². The van der Waals surface area contributed by atoms with E-state index in [-0.39, 0.29) is 6.04 Å². The number of hydrogen-bond donors (Lipinski definition) is 1. The summed E-state index contributed by atoms with van der Waals surface area (Å²) >= 11 is 0. The van der Waals surface area contributed by atoms with E-state index in [1.807, 2.05) is 30.3 Å². The Morgan fingerprint density at radius 1 is 1.33 bits per heavy atom. The largest absolute Gasteiger partial charge is 0.338 e. The second-order valence-corrected chi connectivity index (χ2v) is 3.48. The Morgan fingerprint density at radius 3 is 2.67 bits per heavy atom. The predicted octanol–water partition coefficient (Wildman–Crippen LogP) is 1.62. The topological polar surface area (TPSA) is 64.9 Å². The van der Waals surface area contributed by atoms with E-state index in [1.165, 1.54) is 5.56 Å². The Balaban J connectivity index is 2.07. The third-order valence-electron chi connectivity index (χ3n) is 2.16. The van der Waals surface area contributed by atoms with Crippen molar-refractivity contribution in [2.24, 2.45) is 5.73 Å². The van der Waals surface area contributed by atoms with Gasteiger partial charge in [-0.1, -0.05) is 35.5 Å². The van der Waals surface area contributed by atoms with Crippen LogP contribution in [-0.4, -0.2) is 10.1 Å². The van der Waals surface area contributed by atoms with Gasteiger partial charge in [0.2, 0.25) is 5.89 Å². The predicted molar refractivity (Wildman–Crippen MR) is 56.1 cm³/mol. The minimum atomic E-state index is -0.228. The lowest BCUT2D eigenvalue weighted by Crippen LogP contribution is -2.13. The quantitative estimate of drug-likeness (QED) is 0.823. The van der Waals surface area contributed by atoms with Crippen LogP contribution in [0.1, 0.15) is 23.3 Å². The van der Waals surface area contributed by atoms with Gasteiger partial charge in [-0.15, -0.1) is 0 Å². The van der Waals surface area contributed by atoms with Crippen LogP contribution in [0.25, 0.3) is 0 Å². The summed E-state index contributed by atoms with van der Waals surface area (Å²) in [4.78, 5) is 4.10. The molecule has 0 aliphatic rings. The van der Waals surface area contributed by atoms with Gasteiger partial charge in [-0.2, -0.15) is 4.98 Å². The highest BCUT2D eigenvalue weighted by Gasteiger charge is 2.13. The van der Waals surface area contributed by atoms with E-state index >= 15 is 0 Å². The standard InChI is InChI=1S/C11H13N3O/c1-8-13-11(15-14-8)10(12)7-9-5-3-2-4-6-9/h2-6,10H,7,12H2,1H3/t10-/m0/s1. The second-order valence-electron chi connectivity index (χ2n) is 3.48. The number of nitrogens with two attached hydrogens (primary N) is 1. The van der Waals surface area contributed by atoms with E-state index in [0.29, 0.717) is 18.1 Å². The van der Waals surface area contributed by atoms with Crippen LogP contribution in [0.5, 0.6) is 0 Å². The molecular weight excluding hydrogens is 190 g/mol. The zero-order valence-corrected chi connectivity index (χ0v) is 8.55. The maximum atomic E-state index is 5.94. The van der Waals surface area contributed by atoms with E-state index in [2.05, 4.69) is 10.1 Å². The molecule has 4 heteroatoms. The summed E-state index contributed by atoms with van der Waals surface area (Å²) in [5, 5.41) is 3.71. The highest BCUT2D eigenvalue weighted by atomic mass is 16.5. The van der Waals surface area contributed by atoms with Gasteiger partial charge in [0, 0.05) is 0 Å². The van der Waals surface area contributed by atoms with Crippen LogP contribution in [0, 0.1) is 6.92 Å². The molecule has 4 nitrogen and oxygen atoms in total. The summed E-state index contributed by atoms with van der Waals surface area (Å²) in [6.07, 6.45) is 0.711. The molecule has 0 aliphatic heterocycles. The van der Waals surface area contributed by atoms with Crippen LogP contribution in [-0.2, 0) is 6.42 Å². The van der Waals surface area contributed by atoms with Crippen molar-refractivity contribution in [1.82, 2.24) is 10.1 Å². The molecule has 1 aromatic carbocycles. The molecule has 1 heterocycles.